The summed E-state index contributed by atoms with van der Waals surface area (Å²) in [6.45, 7) is 0.131. The van der Waals surface area contributed by atoms with Crippen molar-refractivity contribution < 1.29 is 14.0 Å². The zero-order valence-electron chi connectivity index (χ0n) is 11.9. The molecule has 2 aromatic carbocycles. The number of carbonyl (C=O) groups is 2. The lowest BCUT2D eigenvalue weighted by Crippen LogP contribution is -2.27. The van der Waals surface area contributed by atoms with Crippen molar-refractivity contribution in [3.8, 4) is 0 Å². The van der Waals surface area contributed by atoms with Crippen LogP contribution in [-0.2, 0) is 4.79 Å². The normalized spacial score (nSPS) is 10.2. The molecule has 0 aliphatic rings. The molecule has 2 N–H and O–H groups in total. The summed E-state index contributed by atoms with van der Waals surface area (Å²) in [5.41, 5.74) is 0.776. The van der Waals surface area contributed by atoms with Crippen LogP contribution in [0.5, 0.6) is 0 Å². The van der Waals surface area contributed by atoms with Gasteiger partial charge in [-0.05, 0) is 42.5 Å². The molecular formula is C16H13Cl2FN2O2. The van der Waals surface area contributed by atoms with E-state index in [0.717, 1.165) is 12.1 Å². The molecule has 7 heteroatoms. The Kier molecular flexibility index (Phi) is 5.96. The van der Waals surface area contributed by atoms with Gasteiger partial charge < -0.3 is 10.6 Å². The van der Waals surface area contributed by atoms with Crippen LogP contribution in [0, 0.1) is 5.82 Å². The first-order valence-electron chi connectivity index (χ1n) is 6.74. The summed E-state index contributed by atoms with van der Waals surface area (Å²) >= 11 is 11.5. The molecular weight excluding hydrogens is 342 g/mol. The van der Waals surface area contributed by atoms with Crippen LogP contribution in [0.4, 0.5) is 10.1 Å². The Morgan fingerprint density at radius 3 is 2.39 bits per heavy atom. The third-order valence-corrected chi connectivity index (χ3v) is 3.51. The molecule has 4 nitrogen and oxygen atoms in total. The number of nitrogens with one attached hydrogen (secondary N) is 2. The standard InChI is InChI=1S/C16H13Cl2FN2O2/c17-10-1-4-12(5-2-10)21-15(22)7-8-20-16(23)13-6-3-11(19)9-14(13)18/h1-6,9H,7-8H2,(H,20,23)(H,21,22). The van der Waals surface area contributed by atoms with Gasteiger partial charge in [0, 0.05) is 23.7 Å². The highest BCUT2D eigenvalue weighted by Crippen LogP contribution is 2.17. The minimum atomic E-state index is -0.520. The van der Waals surface area contributed by atoms with Crippen molar-refractivity contribution in [2.24, 2.45) is 0 Å². The molecule has 0 bridgehead atoms. The van der Waals surface area contributed by atoms with Gasteiger partial charge in [0.2, 0.25) is 5.91 Å². The number of carbonyl (C=O) groups excluding carboxylic acids is 2. The molecule has 0 spiro atoms. The third-order valence-electron chi connectivity index (χ3n) is 2.94. The maximum Gasteiger partial charge on any atom is 0.252 e. The Hall–Kier alpha value is -2.11. The van der Waals surface area contributed by atoms with Gasteiger partial charge in [0.1, 0.15) is 5.82 Å². The molecule has 0 heterocycles. The molecule has 0 fully saturated rings. The van der Waals surface area contributed by atoms with E-state index >= 15 is 0 Å². The van der Waals surface area contributed by atoms with Crippen LogP contribution in [0.15, 0.2) is 42.5 Å². The monoisotopic (exact) mass is 354 g/mol. The van der Waals surface area contributed by atoms with Crippen molar-refractivity contribution >= 4 is 40.7 Å². The first-order valence-corrected chi connectivity index (χ1v) is 7.50. The van der Waals surface area contributed by atoms with Crippen molar-refractivity contribution in [3.05, 3.63) is 63.9 Å². The van der Waals surface area contributed by atoms with Gasteiger partial charge >= 0.3 is 0 Å². The predicted molar refractivity (Wildman–Crippen MR) is 88.4 cm³/mol. The fourth-order valence-electron chi connectivity index (χ4n) is 1.82. The number of anilines is 1. The Bertz CT molecular complexity index is 721. The van der Waals surface area contributed by atoms with E-state index in [4.69, 9.17) is 23.2 Å². The molecule has 0 saturated carbocycles. The molecule has 0 unspecified atom stereocenters. The quantitative estimate of drug-likeness (QED) is 0.855. The van der Waals surface area contributed by atoms with E-state index in [1.54, 1.807) is 24.3 Å². The van der Waals surface area contributed by atoms with Gasteiger partial charge in [-0.25, -0.2) is 4.39 Å². The van der Waals surface area contributed by atoms with Gasteiger partial charge in [0.05, 0.1) is 10.6 Å². The van der Waals surface area contributed by atoms with E-state index in [2.05, 4.69) is 10.6 Å². The maximum atomic E-state index is 12.9. The van der Waals surface area contributed by atoms with Crippen LogP contribution in [0.2, 0.25) is 10.0 Å². The Morgan fingerprint density at radius 2 is 1.74 bits per heavy atom. The molecule has 2 amide bonds. The van der Waals surface area contributed by atoms with Crippen LogP contribution in [0.3, 0.4) is 0 Å². The fraction of sp³-hybridized carbons (Fsp3) is 0.125. The van der Waals surface area contributed by atoms with E-state index in [-0.39, 0.29) is 29.5 Å². The molecule has 23 heavy (non-hydrogen) atoms. The Labute approximate surface area is 142 Å². The van der Waals surface area contributed by atoms with Crippen molar-refractivity contribution in [3.63, 3.8) is 0 Å². The Balaban J connectivity index is 1.81. The highest BCUT2D eigenvalue weighted by atomic mass is 35.5. The van der Waals surface area contributed by atoms with Crippen LogP contribution >= 0.6 is 23.2 Å². The smallest absolute Gasteiger partial charge is 0.252 e. The minimum absolute atomic E-state index is 0.0214. The number of hydrogen-bond donors (Lipinski definition) is 2. The van der Waals surface area contributed by atoms with Gasteiger partial charge in [-0.15, -0.1) is 0 Å². The second-order valence-corrected chi connectivity index (χ2v) is 5.53. The molecule has 2 rings (SSSR count). The summed E-state index contributed by atoms with van der Waals surface area (Å²) in [5, 5.41) is 5.83. The average molecular weight is 355 g/mol. The summed E-state index contributed by atoms with van der Waals surface area (Å²) in [6.07, 6.45) is 0.0905. The van der Waals surface area contributed by atoms with Crippen LogP contribution in [-0.4, -0.2) is 18.4 Å². The van der Waals surface area contributed by atoms with E-state index < -0.39 is 11.7 Å². The first kappa shape index (κ1) is 17.2. The summed E-state index contributed by atoms with van der Waals surface area (Å²) in [5.74, 6) is -1.24. The largest absolute Gasteiger partial charge is 0.351 e. The number of benzene rings is 2. The summed E-state index contributed by atoms with van der Waals surface area (Å²) < 4.78 is 12.9. The van der Waals surface area contributed by atoms with Crippen molar-refractivity contribution in [2.75, 3.05) is 11.9 Å². The Morgan fingerprint density at radius 1 is 1.04 bits per heavy atom. The molecule has 0 atom stereocenters. The molecule has 2 aromatic rings. The summed E-state index contributed by atoms with van der Waals surface area (Å²) in [4.78, 5) is 23.6. The molecule has 0 aromatic heterocycles. The lowest BCUT2D eigenvalue weighted by Gasteiger charge is -2.08. The van der Waals surface area contributed by atoms with Crippen molar-refractivity contribution in [1.82, 2.24) is 5.32 Å². The van der Waals surface area contributed by atoms with Gasteiger partial charge in [-0.2, -0.15) is 0 Å². The van der Waals surface area contributed by atoms with Gasteiger partial charge in [-0.1, -0.05) is 23.2 Å². The molecule has 0 radical (unpaired) electrons. The highest BCUT2D eigenvalue weighted by Gasteiger charge is 2.11. The molecule has 0 aliphatic heterocycles. The lowest BCUT2D eigenvalue weighted by molar-refractivity contribution is -0.116. The van der Waals surface area contributed by atoms with E-state index in [9.17, 15) is 14.0 Å². The SMILES string of the molecule is O=C(CCNC(=O)c1ccc(F)cc1Cl)Nc1ccc(Cl)cc1. The molecule has 120 valence electrons. The van der Waals surface area contributed by atoms with Gasteiger partial charge in [0.25, 0.3) is 5.91 Å². The topological polar surface area (TPSA) is 58.2 Å². The van der Waals surface area contributed by atoms with E-state index in [1.807, 2.05) is 0 Å². The van der Waals surface area contributed by atoms with Crippen LogP contribution in [0.25, 0.3) is 0 Å². The first-order chi connectivity index (χ1) is 11.0. The highest BCUT2D eigenvalue weighted by molar-refractivity contribution is 6.33. The zero-order chi connectivity index (χ0) is 16.8. The second-order valence-electron chi connectivity index (χ2n) is 4.69. The predicted octanol–water partition coefficient (Wildman–Crippen LogP) is 3.89. The maximum absolute atomic E-state index is 12.9. The van der Waals surface area contributed by atoms with E-state index in [0.29, 0.717) is 10.7 Å². The third kappa shape index (κ3) is 5.23. The lowest BCUT2D eigenvalue weighted by atomic mass is 10.2. The van der Waals surface area contributed by atoms with Crippen molar-refractivity contribution in [2.45, 2.75) is 6.42 Å². The van der Waals surface area contributed by atoms with Gasteiger partial charge in [-0.3, -0.25) is 9.59 Å². The minimum Gasteiger partial charge on any atom is -0.351 e. The zero-order valence-corrected chi connectivity index (χ0v) is 13.4. The summed E-state index contributed by atoms with van der Waals surface area (Å²) in [6, 6.07) is 10.2. The number of rotatable bonds is 5. The fourth-order valence-corrected chi connectivity index (χ4v) is 2.19. The van der Waals surface area contributed by atoms with Gasteiger partial charge in [0.15, 0.2) is 0 Å². The van der Waals surface area contributed by atoms with E-state index in [1.165, 1.54) is 6.07 Å². The number of halogens is 3. The van der Waals surface area contributed by atoms with Crippen LogP contribution < -0.4 is 10.6 Å². The number of amides is 2. The van der Waals surface area contributed by atoms with Crippen molar-refractivity contribution in [1.29, 1.82) is 0 Å². The summed E-state index contributed by atoms with van der Waals surface area (Å²) in [7, 11) is 0. The number of hydrogen-bond acceptors (Lipinski definition) is 2. The molecule has 0 saturated heterocycles. The average Bonchev–Trinajstić information content (AvgIpc) is 2.49. The molecule has 0 aliphatic carbocycles. The second kappa shape index (κ2) is 7.94. The van der Waals surface area contributed by atoms with Crippen LogP contribution in [0.1, 0.15) is 16.8 Å².